The summed E-state index contributed by atoms with van der Waals surface area (Å²) in [5, 5.41) is 49.8. The second kappa shape index (κ2) is 40.5. The molecule has 6 rings (SSSR count). The SMILES string of the molecule is CC(=O)N[C@H](Cc1ccc2ccccc2c1)C(=O)N[C@H](Cc1ccc(Cl)cc1)C(=O)N[C@H](Cc1cccnc1)C(=O)N[C@@H](CO)C(=O)N[C@@H](Cc1ccc(O)cc1)C(=O)N[C@@H](CCCCNC(N)=O)C(=O)N[C@@H](CC(C)C)C(=O)N[C@@H](CCCN=C(N)N)C(=O)N1CCC[C@H]1C(=O)N[C@H](C)C(N)=O. The minimum Gasteiger partial charge on any atom is -0.508 e. The van der Waals surface area contributed by atoms with Crippen LogP contribution < -0.4 is 76.1 Å². The third-order valence-electron chi connectivity index (χ3n) is 16.9. The number of aromatic hydroxyl groups is 1. The van der Waals surface area contributed by atoms with Crippen LogP contribution in [0, 0.1) is 5.92 Å². The minimum absolute atomic E-state index is 0.00968. The van der Waals surface area contributed by atoms with Gasteiger partial charge in [-0.05, 0) is 128 Å². The van der Waals surface area contributed by atoms with Crippen LogP contribution in [-0.2, 0) is 78.4 Å². The van der Waals surface area contributed by atoms with E-state index in [0.717, 1.165) is 10.8 Å². The van der Waals surface area contributed by atoms with E-state index in [0.29, 0.717) is 33.7 Å². The van der Waals surface area contributed by atoms with Crippen molar-refractivity contribution in [1.82, 2.24) is 63.1 Å². The van der Waals surface area contributed by atoms with Crippen LogP contribution in [0.2, 0.25) is 5.02 Å². The zero-order valence-electron chi connectivity index (χ0n) is 58.0. The van der Waals surface area contributed by atoms with Crippen molar-refractivity contribution in [3.63, 3.8) is 0 Å². The molecule has 103 heavy (non-hydrogen) atoms. The number of phenolic OH excluding ortho intramolecular Hbond substituents is 1. The van der Waals surface area contributed by atoms with Gasteiger partial charge < -0.3 is 91.2 Å². The van der Waals surface area contributed by atoms with Crippen LogP contribution in [0.3, 0.4) is 0 Å². The number of amides is 13. The minimum atomic E-state index is -1.84. The number of phenols is 1. The molecule has 0 bridgehead atoms. The highest BCUT2D eigenvalue weighted by Crippen LogP contribution is 2.22. The predicted octanol–water partition coefficient (Wildman–Crippen LogP) is -0.326. The lowest BCUT2D eigenvalue weighted by atomic mass is 9.99. The lowest BCUT2D eigenvalue weighted by Gasteiger charge is -2.31. The molecule has 0 radical (unpaired) electrons. The number of nitrogens with two attached hydrogens (primary N) is 4. The first-order valence-electron chi connectivity index (χ1n) is 34.0. The predicted molar refractivity (Wildman–Crippen MR) is 383 cm³/mol. The van der Waals surface area contributed by atoms with Crippen molar-refractivity contribution in [2.75, 3.05) is 26.2 Å². The molecule has 0 unspecified atom stereocenters. The first-order chi connectivity index (χ1) is 49.1. The molecule has 0 saturated carbocycles. The van der Waals surface area contributed by atoms with Gasteiger partial charge in [-0.3, -0.25) is 62.7 Å². The summed E-state index contributed by atoms with van der Waals surface area (Å²) < 4.78 is 0. The molecule has 31 nitrogen and oxygen atoms in total. The molecule has 32 heteroatoms. The van der Waals surface area contributed by atoms with Crippen molar-refractivity contribution in [2.45, 2.75) is 165 Å². The Morgan fingerprint density at radius 3 is 1.63 bits per heavy atom. The summed E-state index contributed by atoms with van der Waals surface area (Å²) in [6.45, 7) is 5.35. The van der Waals surface area contributed by atoms with E-state index in [9.17, 15) is 67.7 Å². The van der Waals surface area contributed by atoms with E-state index in [1.165, 1.54) is 55.4 Å². The molecule has 554 valence electrons. The Balaban J connectivity index is 1.26. The number of aliphatic hydroxyl groups excluding tert-OH is 1. The van der Waals surface area contributed by atoms with Crippen LogP contribution in [0.5, 0.6) is 5.75 Å². The molecular formula is C71H94ClN17O14. The molecule has 0 aliphatic carbocycles. The number of hydrogen-bond donors (Lipinski definition) is 16. The van der Waals surface area contributed by atoms with Crippen LogP contribution in [0.25, 0.3) is 10.8 Å². The number of likely N-dealkylation sites (tertiary alicyclic amines) is 1. The van der Waals surface area contributed by atoms with Crippen molar-refractivity contribution < 1.29 is 67.7 Å². The first-order valence-corrected chi connectivity index (χ1v) is 34.3. The topological polar surface area (TPSA) is 498 Å². The van der Waals surface area contributed by atoms with E-state index in [4.69, 9.17) is 34.5 Å². The van der Waals surface area contributed by atoms with Crippen molar-refractivity contribution in [1.29, 1.82) is 0 Å². The summed E-state index contributed by atoms with van der Waals surface area (Å²) >= 11 is 6.23. The Hall–Kier alpha value is -10.9. The number of primary amides is 2. The molecular weight excluding hydrogens is 1350 g/mol. The van der Waals surface area contributed by atoms with E-state index in [2.05, 4.69) is 63.1 Å². The maximum Gasteiger partial charge on any atom is 0.312 e. The van der Waals surface area contributed by atoms with Gasteiger partial charge in [-0.2, -0.15) is 0 Å². The third-order valence-corrected chi connectivity index (χ3v) is 17.2. The molecule has 1 aliphatic heterocycles. The number of aliphatic imine (C=N–C) groups is 1. The van der Waals surface area contributed by atoms with E-state index in [1.54, 1.807) is 50.2 Å². The molecule has 4 aromatic carbocycles. The van der Waals surface area contributed by atoms with Crippen molar-refractivity contribution in [3.05, 3.63) is 143 Å². The number of aliphatic hydroxyl groups is 1. The summed E-state index contributed by atoms with van der Waals surface area (Å²) in [6, 6.07) is 13.7. The summed E-state index contributed by atoms with van der Waals surface area (Å²) in [5.74, 6) is -9.69. The van der Waals surface area contributed by atoms with Gasteiger partial charge in [0.15, 0.2) is 5.96 Å². The van der Waals surface area contributed by atoms with Crippen LogP contribution in [0.4, 0.5) is 4.79 Å². The number of carbonyl (C=O) groups excluding carboxylic acids is 12. The van der Waals surface area contributed by atoms with Crippen molar-refractivity contribution in [3.8, 4) is 5.75 Å². The Kier molecular flexibility index (Phi) is 31.8. The number of rotatable bonds is 39. The lowest BCUT2D eigenvalue weighted by molar-refractivity contribution is -0.142. The number of nitrogens with zero attached hydrogens (tertiary/aromatic N) is 3. The number of hydrogen-bond acceptors (Lipinski definition) is 16. The molecule has 5 aromatic rings. The Morgan fingerprint density at radius 2 is 1.07 bits per heavy atom. The van der Waals surface area contributed by atoms with Gasteiger partial charge >= 0.3 is 6.03 Å². The van der Waals surface area contributed by atoms with Crippen LogP contribution >= 0.6 is 11.6 Å². The normalized spacial score (nSPS) is 15.2. The zero-order chi connectivity index (χ0) is 75.3. The number of nitrogens with one attached hydrogen (secondary N) is 10. The highest BCUT2D eigenvalue weighted by Gasteiger charge is 2.40. The number of unbranched alkanes of at least 4 members (excludes halogenated alkanes) is 1. The Morgan fingerprint density at radius 1 is 0.563 bits per heavy atom. The highest BCUT2D eigenvalue weighted by atomic mass is 35.5. The number of pyridine rings is 1. The van der Waals surface area contributed by atoms with Gasteiger partial charge in [-0.15, -0.1) is 0 Å². The van der Waals surface area contributed by atoms with Crippen LogP contribution in [0.1, 0.15) is 101 Å². The van der Waals surface area contributed by atoms with Crippen molar-refractivity contribution in [2.24, 2.45) is 33.8 Å². The van der Waals surface area contributed by atoms with Gasteiger partial charge in [0.05, 0.1) is 6.61 Å². The van der Waals surface area contributed by atoms with E-state index in [1.807, 2.05) is 42.5 Å². The largest absolute Gasteiger partial charge is 0.508 e. The summed E-state index contributed by atoms with van der Waals surface area (Å²) in [5.41, 5.74) is 23.9. The third kappa shape index (κ3) is 26.8. The fourth-order valence-electron chi connectivity index (χ4n) is 11.6. The molecule has 1 aromatic heterocycles. The van der Waals surface area contributed by atoms with Crippen LogP contribution in [0.15, 0.2) is 121 Å². The Labute approximate surface area is 601 Å². The second-order valence-corrected chi connectivity index (χ2v) is 26.1. The summed E-state index contributed by atoms with van der Waals surface area (Å²) in [6.07, 6.45) is 3.23. The molecule has 1 aliphatic rings. The first kappa shape index (κ1) is 81.0. The fourth-order valence-corrected chi connectivity index (χ4v) is 11.7. The smallest absolute Gasteiger partial charge is 0.312 e. The maximum absolute atomic E-state index is 14.9. The van der Waals surface area contributed by atoms with Gasteiger partial charge in [-0.25, -0.2) is 4.79 Å². The monoisotopic (exact) mass is 1440 g/mol. The van der Waals surface area contributed by atoms with Gasteiger partial charge in [0.25, 0.3) is 0 Å². The van der Waals surface area contributed by atoms with Gasteiger partial charge in [-0.1, -0.05) is 98.2 Å². The number of carbonyl (C=O) groups is 12. The molecule has 13 amide bonds. The van der Waals surface area contributed by atoms with E-state index >= 15 is 0 Å². The number of halogens is 1. The molecule has 1 fully saturated rings. The number of aromatic nitrogens is 1. The number of fused-ring (bicyclic) bond motifs is 1. The Bertz CT molecular complexity index is 3790. The van der Waals surface area contributed by atoms with Gasteiger partial charge in [0.1, 0.15) is 66.2 Å². The number of urea groups is 1. The molecule has 10 atom stereocenters. The molecule has 20 N–H and O–H groups in total. The van der Waals surface area contributed by atoms with E-state index in [-0.39, 0.29) is 108 Å². The molecule has 0 spiro atoms. The number of benzene rings is 4. The summed E-state index contributed by atoms with van der Waals surface area (Å²) in [7, 11) is 0. The zero-order valence-corrected chi connectivity index (χ0v) is 58.7. The highest BCUT2D eigenvalue weighted by molar-refractivity contribution is 6.30. The standard InChI is InChI=1S/C71H94ClN17O14/c1-40(2)32-53(62(95)83-52(16-10-30-78-70(74)75)69(102)89-31-11-17-59(89)68(101)80-41(3)60(73)93)84-61(94)51(15-7-8-29-79-71(76)103)82-64(97)55(35-44-21-26-50(92)27-22-44)87-67(100)58(39-90)88-66(99)57(37-46-12-9-28-77-38-46)86-65(98)56(34-43-19-24-49(72)25-20-43)85-63(96)54(81-42(4)91)36-45-18-23-47-13-5-6-14-48(47)33-45/h5-6,9,12-14,18-28,33,38,40-41,51-59,90,92H,7-8,10-11,15-17,29-32,34-37,39H2,1-4H3,(H2,73,93)(H,80,101)(H,81,91)(H,82,97)(H,83,95)(H,84,94)(H,85,96)(H,86,98)(H,87,100)(H,88,99)(H4,74,75,78)(H3,76,79,103)/t41-,51+,52+,53+,54-,55+,56-,57-,58+,59+/m1/s1. The van der Waals surface area contributed by atoms with Gasteiger partial charge in [0.2, 0.25) is 65.0 Å². The van der Waals surface area contributed by atoms with Gasteiger partial charge in [0, 0.05) is 69.7 Å². The average Bonchev–Trinajstić information content (AvgIpc) is 1.81. The van der Waals surface area contributed by atoms with Crippen molar-refractivity contribution >= 4 is 99.3 Å². The average molecular weight is 1450 g/mol. The van der Waals surface area contributed by atoms with Crippen LogP contribution in [-0.4, -0.2) is 184 Å². The second-order valence-electron chi connectivity index (χ2n) is 25.7. The molecule has 2 heterocycles. The quantitative estimate of drug-likeness (QED) is 0.0136. The summed E-state index contributed by atoms with van der Waals surface area (Å²) in [4.78, 5) is 176. The fraction of sp³-hybridized carbons (Fsp3) is 0.437. The molecule has 1 saturated heterocycles. The maximum atomic E-state index is 14.9. The van der Waals surface area contributed by atoms with E-state index < -0.39 is 138 Å². The number of guanidine groups is 1. The lowest BCUT2D eigenvalue weighted by Crippen LogP contribution is -2.61.